The summed E-state index contributed by atoms with van der Waals surface area (Å²) < 4.78 is 23.5. The average Bonchev–Trinajstić information content (AvgIpc) is 2.95. The van der Waals surface area contributed by atoms with Gasteiger partial charge in [-0.2, -0.15) is 0 Å². The lowest BCUT2D eigenvalue weighted by Crippen LogP contribution is -2.93. The molecule has 0 aliphatic carbocycles. The van der Waals surface area contributed by atoms with Crippen molar-refractivity contribution in [1.29, 1.82) is 0 Å². The summed E-state index contributed by atoms with van der Waals surface area (Å²) >= 11 is 6.14. The number of quaternary nitrogens is 1. The number of carbonyl (C=O) groups excluding carboxylic acids is 1. The van der Waals surface area contributed by atoms with Crippen molar-refractivity contribution >= 4 is 33.0 Å². The van der Waals surface area contributed by atoms with Crippen LogP contribution in [0.1, 0.15) is 23.6 Å². The quantitative estimate of drug-likeness (QED) is 0.816. The predicted octanol–water partition coefficient (Wildman–Crippen LogP) is 2.08. The molecular weight excluding hydrogens is 372 g/mol. The third-order valence-corrected chi connectivity index (χ3v) is 6.81. The van der Waals surface area contributed by atoms with Crippen molar-refractivity contribution < 1.29 is 18.5 Å². The number of hydrogen-bond donors (Lipinski definition) is 2. The summed E-state index contributed by atoms with van der Waals surface area (Å²) in [7, 11) is -3.00. The Kier molecular flexibility index (Phi) is 5.65. The molecule has 2 aromatic carbocycles. The van der Waals surface area contributed by atoms with Crippen molar-refractivity contribution in [2.75, 3.05) is 16.8 Å². The van der Waals surface area contributed by atoms with Gasteiger partial charge in [-0.3, -0.25) is 4.79 Å². The summed E-state index contributed by atoms with van der Waals surface area (Å²) in [6.45, 7) is 1.90. The Bertz CT molecular complexity index is 900. The minimum atomic E-state index is -3.00. The standard InChI is InChI=1S/C19H21ClN2O3S/c1-13-7-8-15(11-17(13)20)22-19(23)18(14-5-3-2-4-6-14)21-16-9-10-26(24,25)12-16/h2-8,11,16,18,21H,9-10,12H2,1H3,(H,22,23)/p+1/t16-,18-/m0/s1. The van der Waals surface area contributed by atoms with Gasteiger partial charge < -0.3 is 10.6 Å². The number of halogens is 1. The first kappa shape index (κ1) is 18.9. The number of rotatable bonds is 5. The van der Waals surface area contributed by atoms with Crippen LogP contribution < -0.4 is 10.6 Å². The molecule has 0 saturated carbocycles. The van der Waals surface area contributed by atoms with Crippen molar-refractivity contribution in [2.45, 2.75) is 25.4 Å². The normalized spacial score (nSPS) is 19.8. The Morgan fingerprint density at radius 2 is 1.96 bits per heavy atom. The van der Waals surface area contributed by atoms with Crippen molar-refractivity contribution in [1.82, 2.24) is 0 Å². The molecule has 1 saturated heterocycles. The maximum absolute atomic E-state index is 12.9. The van der Waals surface area contributed by atoms with Crippen LogP contribution in [-0.4, -0.2) is 31.9 Å². The molecule has 2 atom stereocenters. The van der Waals surface area contributed by atoms with E-state index in [0.717, 1.165) is 11.1 Å². The Morgan fingerprint density at radius 3 is 2.58 bits per heavy atom. The second kappa shape index (κ2) is 7.78. The lowest BCUT2D eigenvalue weighted by atomic mass is 10.0. The number of aryl methyl sites for hydroxylation is 1. The van der Waals surface area contributed by atoms with Gasteiger partial charge in [0.2, 0.25) is 0 Å². The fourth-order valence-corrected chi connectivity index (χ4v) is 5.09. The van der Waals surface area contributed by atoms with E-state index < -0.39 is 15.9 Å². The van der Waals surface area contributed by atoms with E-state index >= 15 is 0 Å². The third kappa shape index (κ3) is 4.63. The van der Waals surface area contributed by atoms with Gasteiger partial charge in [0.25, 0.3) is 5.91 Å². The Labute approximate surface area is 158 Å². The molecule has 26 heavy (non-hydrogen) atoms. The summed E-state index contributed by atoms with van der Waals surface area (Å²) in [4.78, 5) is 12.9. The molecule has 3 rings (SSSR count). The van der Waals surface area contributed by atoms with E-state index in [0.29, 0.717) is 17.1 Å². The highest BCUT2D eigenvalue weighted by Gasteiger charge is 2.35. The third-order valence-electron chi connectivity index (χ3n) is 4.61. The number of hydrogen-bond acceptors (Lipinski definition) is 3. The van der Waals surface area contributed by atoms with Crippen LogP contribution in [0.2, 0.25) is 5.02 Å². The second-order valence-electron chi connectivity index (χ2n) is 6.70. The first-order valence-corrected chi connectivity index (χ1v) is 10.7. The van der Waals surface area contributed by atoms with E-state index in [1.54, 1.807) is 12.1 Å². The van der Waals surface area contributed by atoms with Gasteiger partial charge in [-0.15, -0.1) is 0 Å². The van der Waals surface area contributed by atoms with E-state index in [9.17, 15) is 13.2 Å². The largest absolute Gasteiger partial charge is 0.329 e. The number of nitrogens with two attached hydrogens (primary N) is 1. The fraction of sp³-hybridized carbons (Fsp3) is 0.316. The monoisotopic (exact) mass is 393 g/mol. The summed E-state index contributed by atoms with van der Waals surface area (Å²) in [6, 6.07) is 14.1. The first-order chi connectivity index (χ1) is 12.3. The lowest BCUT2D eigenvalue weighted by molar-refractivity contribution is -0.710. The minimum absolute atomic E-state index is 0.111. The summed E-state index contributed by atoms with van der Waals surface area (Å²) in [5.41, 5.74) is 2.40. The van der Waals surface area contributed by atoms with Crippen LogP contribution in [-0.2, 0) is 14.6 Å². The van der Waals surface area contributed by atoms with Crippen LogP contribution in [0.25, 0.3) is 0 Å². The molecule has 1 fully saturated rings. The zero-order valence-corrected chi connectivity index (χ0v) is 16.1. The number of amides is 1. The lowest BCUT2D eigenvalue weighted by Gasteiger charge is -2.19. The Hall–Kier alpha value is -1.89. The van der Waals surface area contributed by atoms with Gasteiger partial charge in [-0.05, 0) is 24.6 Å². The average molecular weight is 394 g/mol. The van der Waals surface area contributed by atoms with E-state index in [1.807, 2.05) is 48.6 Å². The summed E-state index contributed by atoms with van der Waals surface area (Å²) in [5.74, 6) is 0.102. The Morgan fingerprint density at radius 1 is 1.23 bits per heavy atom. The highest BCUT2D eigenvalue weighted by molar-refractivity contribution is 7.91. The molecule has 0 unspecified atom stereocenters. The maximum atomic E-state index is 12.9. The fourth-order valence-electron chi connectivity index (χ4n) is 3.15. The maximum Gasteiger partial charge on any atom is 0.287 e. The smallest absolute Gasteiger partial charge is 0.287 e. The molecule has 138 valence electrons. The van der Waals surface area contributed by atoms with Crippen molar-refractivity contribution in [3.05, 3.63) is 64.7 Å². The number of benzene rings is 2. The van der Waals surface area contributed by atoms with Crippen molar-refractivity contribution in [2.24, 2.45) is 0 Å². The van der Waals surface area contributed by atoms with Crippen LogP contribution in [0, 0.1) is 6.92 Å². The van der Waals surface area contributed by atoms with Crippen LogP contribution >= 0.6 is 11.6 Å². The molecule has 1 aliphatic rings. The first-order valence-electron chi connectivity index (χ1n) is 8.51. The van der Waals surface area contributed by atoms with E-state index in [1.165, 1.54) is 0 Å². The molecule has 2 aromatic rings. The molecule has 7 heteroatoms. The zero-order valence-electron chi connectivity index (χ0n) is 14.5. The van der Waals surface area contributed by atoms with Crippen LogP contribution in [0.5, 0.6) is 0 Å². The molecule has 5 nitrogen and oxygen atoms in total. The molecule has 0 bridgehead atoms. The van der Waals surface area contributed by atoms with E-state index in [-0.39, 0.29) is 23.5 Å². The number of sulfone groups is 1. The van der Waals surface area contributed by atoms with Crippen molar-refractivity contribution in [3.8, 4) is 0 Å². The van der Waals surface area contributed by atoms with Crippen LogP contribution in [0.4, 0.5) is 5.69 Å². The zero-order chi connectivity index (χ0) is 18.7. The molecular formula is C19H22ClN2O3S+. The van der Waals surface area contributed by atoms with Crippen LogP contribution in [0.3, 0.4) is 0 Å². The minimum Gasteiger partial charge on any atom is -0.329 e. The molecule has 3 N–H and O–H groups in total. The van der Waals surface area contributed by atoms with E-state index in [2.05, 4.69) is 5.32 Å². The van der Waals surface area contributed by atoms with Gasteiger partial charge in [-0.1, -0.05) is 48.0 Å². The van der Waals surface area contributed by atoms with Gasteiger partial charge in [0.1, 0.15) is 11.8 Å². The Balaban J connectivity index is 1.80. The highest BCUT2D eigenvalue weighted by Crippen LogP contribution is 2.21. The molecule has 1 amide bonds. The molecule has 0 radical (unpaired) electrons. The molecule has 1 heterocycles. The second-order valence-corrected chi connectivity index (χ2v) is 9.33. The topological polar surface area (TPSA) is 79.8 Å². The van der Waals surface area contributed by atoms with Crippen molar-refractivity contribution in [3.63, 3.8) is 0 Å². The molecule has 1 aliphatic heterocycles. The summed E-state index contributed by atoms with van der Waals surface area (Å²) in [5, 5.41) is 5.35. The van der Waals surface area contributed by atoms with Gasteiger partial charge in [0, 0.05) is 22.7 Å². The van der Waals surface area contributed by atoms with Crippen LogP contribution in [0.15, 0.2) is 48.5 Å². The highest BCUT2D eigenvalue weighted by atomic mass is 35.5. The predicted molar refractivity (Wildman–Crippen MR) is 103 cm³/mol. The molecule has 0 aromatic heterocycles. The summed E-state index contributed by atoms with van der Waals surface area (Å²) in [6.07, 6.45) is 0.565. The van der Waals surface area contributed by atoms with Gasteiger partial charge in [0.15, 0.2) is 15.9 Å². The number of nitrogens with one attached hydrogen (secondary N) is 1. The number of anilines is 1. The SMILES string of the molecule is Cc1ccc(NC(=O)[C@@H]([NH2+][C@H]2CCS(=O)(=O)C2)c2ccccc2)cc1Cl. The van der Waals surface area contributed by atoms with E-state index in [4.69, 9.17) is 11.6 Å². The van der Waals surface area contributed by atoms with Gasteiger partial charge >= 0.3 is 0 Å². The van der Waals surface area contributed by atoms with Gasteiger partial charge in [0.05, 0.1) is 5.75 Å². The number of carbonyl (C=O) groups is 1. The molecule has 0 spiro atoms. The van der Waals surface area contributed by atoms with Gasteiger partial charge in [-0.25, -0.2) is 8.42 Å².